The highest BCUT2D eigenvalue weighted by molar-refractivity contribution is 5.88. The molecule has 244 valence electrons. The van der Waals surface area contributed by atoms with Crippen LogP contribution in [0.15, 0.2) is 200 Å². The van der Waals surface area contributed by atoms with E-state index in [1.807, 2.05) is 18.2 Å². The zero-order valence-corrected chi connectivity index (χ0v) is 28.2. The number of rotatable bonds is 9. The van der Waals surface area contributed by atoms with Gasteiger partial charge >= 0.3 is 0 Å². The third-order valence-electron chi connectivity index (χ3n) is 9.38. The fourth-order valence-corrected chi connectivity index (χ4v) is 6.62. The average molecular weight is 656 g/mol. The Bertz CT molecular complexity index is 2400. The third kappa shape index (κ3) is 7.08. The first kappa shape index (κ1) is 31.6. The van der Waals surface area contributed by atoms with Gasteiger partial charge in [-0.3, -0.25) is 0 Å². The zero-order chi connectivity index (χ0) is 34.4. The molecule has 0 aliphatic rings. The molecule has 2 heteroatoms. The van der Waals surface area contributed by atoms with Crippen LogP contribution in [0.4, 0.5) is 5.69 Å². The van der Waals surface area contributed by atoms with E-state index < -0.39 is 0 Å². The van der Waals surface area contributed by atoms with E-state index in [2.05, 4.69) is 182 Å². The maximum absolute atomic E-state index is 6.97. The molecule has 0 aliphatic carbocycles. The lowest BCUT2D eigenvalue weighted by Gasteiger charge is -2.17. The van der Waals surface area contributed by atoms with Crippen molar-refractivity contribution < 1.29 is 4.74 Å². The quantitative estimate of drug-likeness (QED) is 0.157. The van der Waals surface area contributed by atoms with E-state index in [1.54, 1.807) is 0 Å². The van der Waals surface area contributed by atoms with Crippen LogP contribution < -0.4 is 10.5 Å². The van der Waals surface area contributed by atoms with Gasteiger partial charge in [-0.1, -0.05) is 170 Å². The second kappa shape index (κ2) is 14.5. The van der Waals surface area contributed by atoms with Crippen LogP contribution in [-0.2, 0) is 6.61 Å². The molecule has 2 nitrogen and oxygen atoms in total. The van der Waals surface area contributed by atoms with E-state index >= 15 is 0 Å². The second-order valence-electron chi connectivity index (χ2n) is 12.8. The van der Waals surface area contributed by atoms with Gasteiger partial charge in [0.25, 0.3) is 0 Å². The van der Waals surface area contributed by atoms with Crippen molar-refractivity contribution in [2.75, 3.05) is 5.73 Å². The van der Waals surface area contributed by atoms with Crippen molar-refractivity contribution >= 4 is 5.69 Å². The lowest BCUT2D eigenvalue weighted by molar-refractivity contribution is 0.308. The highest BCUT2D eigenvalue weighted by Gasteiger charge is 2.15. The summed E-state index contributed by atoms with van der Waals surface area (Å²) in [5.41, 5.74) is 22.2. The molecule has 8 aromatic rings. The number of anilines is 1. The van der Waals surface area contributed by atoms with E-state index in [-0.39, 0.29) is 0 Å². The van der Waals surface area contributed by atoms with Crippen LogP contribution in [0, 0.1) is 0 Å². The number of benzene rings is 8. The molecule has 0 heterocycles. The monoisotopic (exact) mass is 655 g/mol. The van der Waals surface area contributed by atoms with Gasteiger partial charge in [-0.2, -0.15) is 0 Å². The summed E-state index contributed by atoms with van der Waals surface area (Å²) in [6.45, 7) is 0.394. The molecule has 0 bridgehead atoms. The molecule has 0 spiro atoms. The third-order valence-corrected chi connectivity index (χ3v) is 9.38. The first-order chi connectivity index (χ1) is 25.2. The molecule has 0 unspecified atom stereocenters. The Labute approximate surface area is 300 Å². The molecule has 0 radical (unpaired) electrons. The fraction of sp³-hybridized carbons (Fsp3) is 0.0204. The number of hydrogen-bond donors (Lipinski definition) is 1. The van der Waals surface area contributed by atoms with E-state index in [4.69, 9.17) is 10.5 Å². The summed E-state index contributed by atoms with van der Waals surface area (Å²) >= 11 is 0. The van der Waals surface area contributed by atoms with E-state index in [0.29, 0.717) is 18.0 Å². The minimum atomic E-state index is 0.394. The number of nitrogen functional groups attached to an aromatic ring is 1. The predicted octanol–water partition coefficient (Wildman–Crippen LogP) is 12.8. The number of nitrogens with two attached hydrogens (primary N) is 1. The van der Waals surface area contributed by atoms with Gasteiger partial charge in [0, 0.05) is 5.56 Å². The lowest BCUT2D eigenvalue weighted by atomic mass is 9.93. The summed E-state index contributed by atoms with van der Waals surface area (Å²) < 4.78 is 6.57. The molecule has 0 saturated carbocycles. The van der Waals surface area contributed by atoms with Crippen LogP contribution in [0.3, 0.4) is 0 Å². The largest absolute Gasteiger partial charge is 0.487 e. The van der Waals surface area contributed by atoms with Gasteiger partial charge in [-0.05, 0) is 97.1 Å². The van der Waals surface area contributed by atoms with Crippen LogP contribution in [-0.4, -0.2) is 0 Å². The molecule has 0 aliphatic heterocycles. The molecule has 0 aromatic heterocycles. The van der Waals surface area contributed by atoms with Crippen LogP contribution in [0.25, 0.3) is 66.8 Å². The fourth-order valence-electron chi connectivity index (χ4n) is 6.62. The Balaban J connectivity index is 1.12. The van der Waals surface area contributed by atoms with Crippen molar-refractivity contribution in [3.8, 4) is 72.5 Å². The van der Waals surface area contributed by atoms with E-state index in [1.165, 1.54) is 22.3 Å². The van der Waals surface area contributed by atoms with Gasteiger partial charge < -0.3 is 10.5 Å². The van der Waals surface area contributed by atoms with Crippen LogP contribution in [0.1, 0.15) is 5.56 Å². The maximum atomic E-state index is 6.97. The number of ether oxygens (including phenoxy) is 1. The molecular formula is C49H37NO. The highest BCUT2D eigenvalue weighted by atomic mass is 16.5. The van der Waals surface area contributed by atoms with Crippen molar-refractivity contribution in [2.45, 2.75) is 6.61 Å². The molecule has 51 heavy (non-hydrogen) atoms. The molecule has 2 N–H and O–H groups in total. The van der Waals surface area contributed by atoms with Crippen molar-refractivity contribution in [1.29, 1.82) is 0 Å². The van der Waals surface area contributed by atoms with Crippen LogP contribution in [0.5, 0.6) is 5.75 Å². The summed E-state index contributed by atoms with van der Waals surface area (Å²) in [5, 5.41) is 0. The standard InChI is InChI=1S/C49H37NO/c50-49-47(45-24-12-22-43(31-45)38-17-8-3-9-18-38)32-46(44-23-11-20-41(30-44)37-15-6-2-7-16-37)33-48(49)51-34-35-25-27-39(28-26-35)42-21-10-19-40(29-42)36-13-4-1-5-14-36/h1-33H,34,50H2. The topological polar surface area (TPSA) is 35.2 Å². The zero-order valence-electron chi connectivity index (χ0n) is 28.2. The minimum Gasteiger partial charge on any atom is -0.487 e. The van der Waals surface area contributed by atoms with Gasteiger partial charge in [0.15, 0.2) is 0 Å². The summed E-state index contributed by atoms with van der Waals surface area (Å²) in [5.74, 6) is 0.664. The molecule has 0 atom stereocenters. The molecule has 0 fully saturated rings. The lowest BCUT2D eigenvalue weighted by Crippen LogP contribution is -2.01. The van der Waals surface area contributed by atoms with Crippen molar-refractivity contribution in [3.05, 3.63) is 206 Å². The van der Waals surface area contributed by atoms with E-state index in [0.717, 1.165) is 50.1 Å². The van der Waals surface area contributed by atoms with Gasteiger partial charge in [-0.15, -0.1) is 0 Å². The normalized spacial score (nSPS) is 10.9. The van der Waals surface area contributed by atoms with Gasteiger partial charge in [-0.25, -0.2) is 0 Å². The molecular weight excluding hydrogens is 619 g/mol. The molecule has 0 amide bonds. The molecule has 8 aromatic carbocycles. The Hall–Kier alpha value is -6.64. The average Bonchev–Trinajstić information content (AvgIpc) is 3.22. The van der Waals surface area contributed by atoms with Gasteiger partial charge in [0.05, 0.1) is 5.69 Å². The highest BCUT2D eigenvalue weighted by Crippen LogP contribution is 2.40. The Morgan fingerprint density at radius 1 is 0.314 bits per heavy atom. The summed E-state index contributed by atoms with van der Waals surface area (Å²) in [6, 6.07) is 70.2. The number of hydrogen-bond acceptors (Lipinski definition) is 2. The Morgan fingerprint density at radius 3 is 1.16 bits per heavy atom. The smallest absolute Gasteiger partial charge is 0.143 e. The van der Waals surface area contributed by atoms with Crippen molar-refractivity contribution in [3.63, 3.8) is 0 Å². The van der Waals surface area contributed by atoms with Crippen molar-refractivity contribution in [1.82, 2.24) is 0 Å². The second-order valence-corrected chi connectivity index (χ2v) is 12.8. The van der Waals surface area contributed by atoms with E-state index in [9.17, 15) is 0 Å². The first-order valence-electron chi connectivity index (χ1n) is 17.3. The Kier molecular flexibility index (Phi) is 8.96. The van der Waals surface area contributed by atoms with Gasteiger partial charge in [0.2, 0.25) is 0 Å². The van der Waals surface area contributed by atoms with Crippen LogP contribution >= 0.6 is 0 Å². The van der Waals surface area contributed by atoms with Crippen LogP contribution in [0.2, 0.25) is 0 Å². The minimum absolute atomic E-state index is 0.394. The molecule has 0 saturated heterocycles. The summed E-state index contributed by atoms with van der Waals surface area (Å²) in [7, 11) is 0. The first-order valence-corrected chi connectivity index (χ1v) is 17.3. The summed E-state index contributed by atoms with van der Waals surface area (Å²) in [6.07, 6.45) is 0. The molecule has 8 rings (SSSR count). The van der Waals surface area contributed by atoms with Gasteiger partial charge in [0.1, 0.15) is 12.4 Å². The van der Waals surface area contributed by atoms with Crippen molar-refractivity contribution in [2.24, 2.45) is 0 Å². The summed E-state index contributed by atoms with van der Waals surface area (Å²) in [4.78, 5) is 0. The Morgan fingerprint density at radius 2 is 0.686 bits per heavy atom. The SMILES string of the molecule is Nc1c(OCc2ccc(-c3cccc(-c4ccccc4)c3)cc2)cc(-c2cccc(-c3ccccc3)c2)cc1-c1cccc(-c2ccccc2)c1. The predicted molar refractivity (Wildman–Crippen MR) is 214 cm³/mol. The maximum Gasteiger partial charge on any atom is 0.143 e.